The van der Waals surface area contributed by atoms with Crippen molar-refractivity contribution in [2.75, 3.05) is 0 Å². The highest BCUT2D eigenvalue weighted by molar-refractivity contribution is 4.92. The normalized spacial score (nSPS) is 41.0. The molecular formula is C9H17. The lowest BCUT2D eigenvalue weighted by Crippen LogP contribution is -1.78. The molecule has 1 aliphatic rings. The van der Waals surface area contributed by atoms with E-state index in [2.05, 4.69) is 20.8 Å². The first-order chi connectivity index (χ1) is 4.31. The first-order valence-corrected chi connectivity index (χ1v) is 4.10. The molecule has 0 N–H and O–H groups in total. The molecule has 0 saturated heterocycles. The van der Waals surface area contributed by atoms with Crippen molar-refractivity contribution in [3.8, 4) is 0 Å². The summed E-state index contributed by atoms with van der Waals surface area (Å²) in [6, 6.07) is 0. The summed E-state index contributed by atoms with van der Waals surface area (Å²) in [5.41, 5.74) is 0. The van der Waals surface area contributed by atoms with Gasteiger partial charge in [-0.3, -0.25) is 0 Å². The Hall–Kier alpha value is 0. The fourth-order valence-corrected chi connectivity index (χ4v) is 2.02. The van der Waals surface area contributed by atoms with Gasteiger partial charge in [-0.25, -0.2) is 0 Å². The van der Waals surface area contributed by atoms with Crippen molar-refractivity contribution >= 4 is 0 Å². The molecule has 0 heterocycles. The molecule has 9 heavy (non-hydrogen) atoms. The summed E-state index contributed by atoms with van der Waals surface area (Å²) in [5.74, 6) is 3.09. The van der Waals surface area contributed by atoms with Crippen LogP contribution in [-0.2, 0) is 0 Å². The van der Waals surface area contributed by atoms with Gasteiger partial charge in [-0.05, 0) is 24.2 Å². The predicted octanol–water partition coefficient (Wildman–Crippen LogP) is 2.89. The van der Waals surface area contributed by atoms with Gasteiger partial charge in [0.25, 0.3) is 0 Å². The van der Waals surface area contributed by atoms with Crippen molar-refractivity contribution in [1.82, 2.24) is 0 Å². The Morgan fingerprint density at radius 3 is 2.33 bits per heavy atom. The van der Waals surface area contributed by atoms with Crippen molar-refractivity contribution in [1.29, 1.82) is 0 Å². The molecule has 53 valence electrons. The van der Waals surface area contributed by atoms with Crippen LogP contribution in [0.3, 0.4) is 0 Å². The van der Waals surface area contributed by atoms with Crippen LogP contribution < -0.4 is 0 Å². The third-order valence-electron chi connectivity index (χ3n) is 2.77. The zero-order chi connectivity index (χ0) is 6.85. The van der Waals surface area contributed by atoms with Crippen LogP contribution in [-0.4, -0.2) is 0 Å². The zero-order valence-corrected chi connectivity index (χ0v) is 6.56. The minimum absolute atomic E-state index is 1.01. The number of rotatable bonds is 3. The lowest BCUT2D eigenvalue weighted by Gasteiger charge is -1.90. The molecule has 0 aromatic carbocycles. The second-order valence-corrected chi connectivity index (χ2v) is 3.24. The summed E-state index contributed by atoms with van der Waals surface area (Å²) in [5, 5.41) is 0. The second kappa shape index (κ2) is 2.72. The average Bonchev–Trinajstić information content (AvgIpc) is 2.44. The highest BCUT2D eigenvalue weighted by atomic mass is 14.5. The largest absolute Gasteiger partial charge is 0.0651 e. The van der Waals surface area contributed by atoms with E-state index in [-0.39, 0.29) is 0 Å². The van der Waals surface area contributed by atoms with Gasteiger partial charge >= 0.3 is 0 Å². The first kappa shape index (κ1) is 7.11. The van der Waals surface area contributed by atoms with Crippen LogP contribution in [0.15, 0.2) is 0 Å². The first-order valence-electron chi connectivity index (χ1n) is 4.10. The quantitative estimate of drug-likeness (QED) is 0.544. The van der Waals surface area contributed by atoms with Crippen LogP contribution in [0.5, 0.6) is 0 Å². The molecule has 0 aromatic rings. The van der Waals surface area contributed by atoms with E-state index in [4.69, 9.17) is 0 Å². The van der Waals surface area contributed by atoms with Crippen molar-refractivity contribution < 1.29 is 0 Å². The van der Waals surface area contributed by atoms with Crippen LogP contribution in [0, 0.1) is 24.7 Å². The molecule has 0 nitrogen and oxygen atoms in total. The van der Waals surface area contributed by atoms with Crippen LogP contribution in [0.4, 0.5) is 0 Å². The molecule has 0 amide bonds. The minimum Gasteiger partial charge on any atom is -0.0651 e. The predicted molar refractivity (Wildman–Crippen MR) is 41.0 cm³/mol. The van der Waals surface area contributed by atoms with Crippen molar-refractivity contribution in [2.45, 2.75) is 33.1 Å². The third-order valence-corrected chi connectivity index (χ3v) is 2.77. The molecular weight excluding hydrogens is 108 g/mol. The van der Waals surface area contributed by atoms with E-state index in [0.717, 1.165) is 24.2 Å². The molecule has 0 aliphatic heterocycles. The number of hydrogen-bond acceptors (Lipinski definition) is 0. The van der Waals surface area contributed by atoms with E-state index in [0.29, 0.717) is 0 Å². The molecule has 0 heteroatoms. The molecule has 1 fully saturated rings. The van der Waals surface area contributed by atoms with Crippen LogP contribution in [0.1, 0.15) is 33.1 Å². The maximum Gasteiger partial charge on any atom is -0.0355 e. The Labute approximate surface area is 58.7 Å². The van der Waals surface area contributed by atoms with Gasteiger partial charge in [-0.15, -0.1) is 0 Å². The van der Waals surface area contributed by atoms with Crippen LogP contribution >= 0.6 is 0 Å². The van der Waals surface area contributed by atoms with Gasteiger partial charge < -0.3 is 0 Å². The van der Waals surface area contributed by atoms with Gasteiger partial charge in [0.1, 0.15) is 0 Å². The van der Waals surface area contributed by atoms with Gasteiger partial charge in [-0.1, -0.05) is 33.6 Å². The summed E-state index contributed by atoms with van der Waals surface area (Å²) in [6.45, 7) is 8.53. The molecule has 1 radical (unpaired) electrons. The average molecular weight is 125 g/mol. The van der Waals surface area contributed by atoms with Gasteiger partial charge in [-0.2, -0.15) is 0 Å². The smallest absolute Gasteiger partial charge is 0.0355 e. The van der Waals surface area contributed by atoms with Crippen LogP contribution in [0.2, 0.25) is 0 Å². The Morgan fingerprint density at radius 1 is 1.33 bits per heavy atom. The Morgan fingerprint density at radius 2 is 2.00 bits per heavy atom. The molecule has 0 bridgehead atoms. The topological polar surface area (TPSA) is 0 Å². The number of hydrogen-bond donors (Lipinski definition) is 0. The summed E-state index contributed by atoms with van der Waals surface area (Å²) in [4.78, 5) is 0. The standard InChI is InChI=1S/C9H17/c1-4-6-9-7(3)8(9)5-2/h7-9H,1,4-6H2,2-3H3. The van der Waals surface area contributed by atoms with Gasteiger partial charge in [0.15, 0.2) is 0 Å². The van der Waals surface area contributed by atoms with Gasteiger partial charge in [0, 0.05) is 0 Å². The van der Waals surface area contributed by atoms with E-state index in [1.165, 1.54) is 12.8 Å². The maximum absolute atomic E-state index is 3.87. The van der Waals surface area contributed by atoms with Gasteiger partial charge in [0.2, 0.25) is 0 Å². The fraction of sp³-hybridized carbons (Fsp3) is 0.889. The second-order valence-electron chi connectivity index (χ2n) is 3.24. The molecule has 1 rings (SSSR count). The Kier molecular flexibility index (Phi) is 2.15. The monoisotopic (exact) mass is 125 g/mol. The SMILES string of the molecule is [CH2]CCC1C(C)C1CC. The summed E-state index contributed by atoms with van der Waals surface area (Å²) >= 11 is 0. The molecule has 0 spiro atoms. The zero-order valence-electron chi connectivity index (χ0n) is 6.56. The Balaban J connectivity index is 2.17. The summed E-state index contributed by atoms with van der Waals surface area (Å²) in [6.07, 6.45) is 3.87. The highest BCUT2D eigenvalue weighted by Crippen LogP contribution is 2.50. The minimum atomic E-state index is 1.01. The van der Waals surface area contributed by atoms with E-state index < -0.39 is 0 Å². The van der Waals surface area contributed by atoms with E-state index >= 15 is 0 Å². The molecule has 3 atom stereocenters. The van der Waals surface area contributed by atoms with E-state index in [1.54, 1.807) is 0 Å². The van der Waals surface area contributed by atoms with E-state index in [1.807, 2.05) is 0 Å². The summed E-state index contributed by atoms with van der Waals surface area (Å²) < 4.78 is 0. The van der Waals surface area contributed by atoms with Gasteiger partial charge in [0.05, 0.1) is 0 Å². The van der Waals surface area contributed by atoms with Crippen molar-refractivity contribution in [3.63, 3.8) is 0 Å². The molecule has 1 aliphatic carbocycles. The summed E-state index contributed by atoms with van der Waals surface area (Å²) in [7, 11) is 0. The van der Waals surface area contributed by atoms with E-state index in [9.17, 15) is 0 Å². The maximum atomic E-state index is 3.87. The lowest BCUT2D eigenvalue weighted by atomic mass is 10.2. The fourth-order valence-electron chi connectivity index (χ4n) is 2.02. The van der Waals surface area contributed by atoms with Crippen molar-refractivity contribution in [2.24, 2.45) is 17.8 Å². The molecule has 3 unspecified atom stereocenters. The van der Waals surface area contributed by atoms with Crippen molar-refractivity contribution in [3.05, 3.63) is 6.92 Å². The molecule has 0 aromatic heterocycles. The third kappa shape index (κ3) is 1.28. The highest BCUT2D eigenvalue weighted by Gasteiger charge is 2.43. The van der Waals surface area contributed by atoms with Crippen LogP contribution in [0.25, 0.3) is 0 Å². The Bertz CT molecular complexity index is 86.0. The molecule has 1 saturated carbocycles. The lowest BCUT2D eigenvalue weighted by molar-refractivity contribution is 0.636.